The summed E-state index contributed by atoms with van der Waals surface area (Å²) >= 11 is 1.06. The number of rotatable bonds is 9. The van der Waals surface area contributed by atoms with Crippen molar-refractivity contribution in [3.05, 3.63) is 45.7 Å². The third-order valence-corrected chi connectivity index (χ3v) is 8.77. The highest BCUT2D eigenvalue weighted by Gasteiger charge is 2.53. The van der Waals surface area contributed by atoms with E-state index < -0.39 is 17.9 Å². The minimum absolute atomic E-state index is 0.0536. The first kappa shape index (κ1) is 27.2. The summed E-state index contributed by atoms with van der Waals surface area (Å²) in [5.74, 6) is -0.103. The van der Waals surface area contributed by atoms with Crippen LogP contribution in [0.2, 0.25) is 0 Å². The van der Waals surface area contributed by atoms with E-state index in [9.17, 15) is 14.4 Å². The lowest BCUT2D eigenvalue weighted by Crippen LogP contribution is -2.39. The van der Waals surface area contributed by atoms with Crippen molar-refractivity contribution in [2.45, 2.75) is 70.9 Å². The number of amides is 1. The van der Waals surface area contributed by atoms with E-state index in [4.69, 9.17) is 18.9 Å². The van der Waals surface area contributed by atoms with Crippen molar-refractivity contribution in [1.82, 2.24) is 4.98 Å². The zero-order valence-electron chi connectivity index (χ0n) is 22.8. The summed E-state index contributed by atoms with van der Waals surface area (Å²) in [6.45, 7) is 4.40. The maximum atomic E-state index is 13.9. The van der Waals surface area contributed by atoms with E-state index in [1.54, 1.807) is 20.1 Å². The molecule has 39 heavy (non-hydrogen) atoms. The highest BCUT2D eigenvalue weighted by molar-refractivity contribution is 7.17. The second-order valence-corrected chi connectivity index (χ2v) is 11.1. The number of nitrogens with zero attached hydrogens (tertiary/aromatic N) is 2. The van der Waals surface area contributed by atoms with Crippen LogP contribution >= 0.6 is 11.3 Å². The highest BCUT2D eigenvalue weighted by Crippen LogP contribution is 2.50. The maximum Gasteiger partial charge on any atom is 0.350 e. The maximum absolute atomic E-state index is 13.9. The van der Waals surface area contributed by atoms with Crippen LogP contribution in [0.4, 0.5) is 5.13 Å². The number of carbonyl (C=O) groups is 3. The topological polar surface area (TPSA) is 104 Å². The third-order valence-electron chi connectivity index (χ3n) is 7.63. The van der Waals surface area contributed by atoms with E-state index in [0.717, 1.165) is 56.3 Å². The molecule has 1 aromatic heterocycles. The van der Waals surface area contributed by atoms with E-state index in [-0.39, 0.29) is 23.6 Å². The van der Waals surface area contributed by atoms with Crippen LogP contribution in [0.15, 0.2) is 29.5 Å². The summed E-state index contributed by atoms with van der Waals surface area (Å²) in [7, 11) is 2.87. The Labute approximate surface area is 232 Å². The summed E-state index contributed by atoms with van der Waals surface area (Å²) in [5, 5.41) is 0.301. The Balaban J connectivity index is 1.58. The van der Waals surface area contributed by atoms with E-state index in [0.29, 0.717) is 44.9 Å². The lowest BCUT2D eigenvalue weighted by atomic mass is 9.77. The SMILES string of the molecule is CCCCCOc1ccc(C2C3=C(OC4CCCCC4C3=O)C(=O)N2c2nc(C)c(C(=O)OC)s2)cc1OC. The number of methoxy groups -OCH3 is 2. The molecule has 1 saturated carbocycles. The number of hydrogen-bond donors (Lipinski definition) is 0. The Bertz CT molecular complexity index is 1320. The summed E-state index contributed by atoms with van der Waals surface area (Å²) in [5.41, 5.74) is 1.46. The number of aryl methyl sites for hydroxylation is 1. The molecule has 0 radical (unpaired) electrons. The molecule has 2 aromatic rings. The van der Waals surface area contributed by atoms with Crippen molar-refractivity contribution in [1.29, 1.82) is 0 Å². The number of thiazole rings is 1. The quantitative estimate of drug-likeness (QED) is 0.303. The minimum atomic E-state index is -0.776. The Hall–Kier alpha value is -3.40. The van der Waals surface area contributed by atoms with Crippen molar-refractivity contribution in [3.63, 3.8) is 0 Å². The largest absolute Gasteiger partial charge is 0.493 e. The number of Topliss-reactive ketones (excluding diaryl/α,β-unsaturated/α-hetero) is 1. The van der Waals surface area contributed by atoms with Gasteiger partial charge in [-0.3, -0.25) is 14.5 Å². The molecule has 1 aliphatic carbocycles. The zero-order chi connectivity index (χ0) is 27.7. The summed E-state index contributed by atoms with van der Waals surface area (Å²) < 4.78 is 22.8. The normalized spacial score (nSPS) is 22.4. The fourth-order valence-electron chi connectivity index (χ4n) is 5.63. The lowest BCUT2D eigenvalue weighted by molar-refractivity contribution is -0.131. The molecule has 3 aliphatic rings. The van der Waals surface area contributed by atoms with Gasteiger partial charge >= 0.3 is 5.97 Å². The first-order chi connectivity index (χ1) is 18.9. The summed E-state index contributed by atoms with van der Waals surface area (Å²) in [6.07, 6.45) is 6.19. The van der Waals surface area contributed by atoms with E-state index >= 15 is 0 Å². The van der Waals surface area contributed by atoms with Crippen LogP contribution in [0.5, 0.6) is 11.5 Å². The van der Waals surface area contributed by atoms with Crippen LogP contribution in [-0.4, -0.2) is 49.6 Å². The number of aromatic nitrogens is 1. The van der Waals surface area contributed by atoms with Crippen LogP contribution in [0, 0.1) is 12.8 Å². The number of ether oxygens (including phenoxy) is 4. The van der Waals surface area contributed by atoms with E-state index in [1.165, 1.54) is 12.0 Å². The molecule has 0 spiro atoms. The molecular formula is C29H34N2O7S. The Kier molecular flexibility index (Phi) is 7.93. The van der Waals surface area contributed by atoms with Gasteiger partial charge in [-0.25, -0.2) is 9.78 Å². The fraction of sp³-hybridized carbons (Fsp3) is 0.517. The average molecular weight is 555 g/mol. The second kappa shape index (κ2) is 11.4. The first-order valence-electron chi connectivity index (χ1n) is 13.5. The Morgan fingerprint density at radius 3 is 2.69 bits per heavy atom. The van der Waals surface area contributed by atoms with Gasteiger partial charge in [0.25, 0.3) is 5.91 Å². The molecule has 1 fully saturated rings. The van der Waals surface area contributed by atoms with Gasteiger partial charge in [-0.05, 0) is 50.3 Å². The summed E-state index contributed by atoms with van der Waals surface area (Å²) in [4.78, 5) is 46.5. The molecule has 208 valence electrons. The van der Waals surface area contributed by atoms with Gasteiger partial charge in [-0.1, -0.05) is 43.6 Å². The van der Waals surface area contributed by atoms with Gasteiger partial charge < -0.3 is 18.9 Å². The molecule has 0 saturated heterocycles. The highest BCUT2D eigenvalue weighted by atomic mass is 32.1. The third kappa shape index (κ3) is 4.90. The van der Waals surface area contributed by atoms with Gasteiger partial charge in [0.05, 0.1) is 44.1 Å². The molecule has 0 N–H and O–H groups in total. The average Bonchev–Trinajstić information content (AvgIpc) is 3.47. The van der Waals surface area contributed by atoms with Gasteiger partial charge in [0.15, 0.2) is 28.2 Å². The zero-order valence-corrected chi connectivity index (χ0v) is 23.6. The minimum Gasteiger partial charge on any atom is -0.493 e. The molecule has 3 heterocycles. The predicted octanol–water partition coefficient (Wildman–Crippen LogP) is 5.32. The first-order valence-corrected chi connectivity index (χ1v) is 14.4. The van der Waals surface area contributed by atoms with Crippen molar-refractivity contribution >= 4 is 34.1 Å². The number of ketones is 1. The molecule has 1 amide bonds. The number of esters is 1. The van der Waals surface area contributed by atoms with Crippen LogP contribution < -0.4 is 14.4 Å². The molecule has 5 rings (SSSR count). The van der Waals surface area contributed by atoms with Gasteiger partial charge in [-0.15, -0.1) is 0 Å². The number of unbranched alkanes of at least 4 members (excludes halogenated alkanes) is 2. The number of hydrogen-bond acceptors (Lipinski definition) is 9. The smallest absolute Gasteiger partial charge is 0.350 e. The molecule has 3 unspecified atom stereocenters. The molecule has 9 nitrogen and oxygen atoms in total. The Morgan fingerprint density at radius 1 is 1.15 bits per heavy atom. The van der Waals surface area contributed by atoms with E-state index in [1.807, 2.05) is 12.1 Å². The van der Waals surface area contributed by atoms with Gasteiger partial charge in [0.1, 0.15) is 11.0 Å². The van der Waals surface area contributed by atoms with E-state index in [2.05, 4.69) is 11.9 Å². The molecular weight excluding hydrogens is 520 g/mol. The van der Waals surface area contributed by atoms with Crippen LogP contribution in [0.1, 0.15) is 78.8 Å². The summed E-state index contributed by atoms with van der Waals surface area (Å²) in [6, 6.07) is 4.69. The standard InChI is InChI=1S/C29H34N2O7S/c1-5-6-9-14-37-20-13-12-17(15-21(20)35-3)23-22-24(32)18-10-7-8-11-19(18)38-25(22)27(33)31(23)29-30-16(2)26(39-29)28(34)36-4/h12-13,15,18-19,23H,5-11,14H2,1-4H3. The van der Waals surface area contributed by atoms with Crippen molar-refractivity contribution in [2.24, 2.45) is 5.92 Å². The monoisotopic (exact) mass is 554 g/mol. The predicted molar refractivity (Wildman–Crippen MR) is 145 cm³/mol. The van der Waals surface area contributed by atoms with Gasteiger partial charge in [-0.2, -0.15) is 0 Å². The number of benzene rings is 1. The van der Waals surface area contributed by atoms with Crippen molar-refractivity contribution in [2.75, 3.05) is 25.7 Å². The van der Waals surface area contributed by atoms with Crippen LogP contribution in [0.25, 0.3) is 0 Å². The Morgan fingerprint density at radius 2 is 1.95 bits per heavy atom. The van der Waals surface area contributed by atoms with Crippen molar-refractivity contribution < 1.29 is 33.3 Å². The fourth-order valence-corrected chi connectivity index (χ4v) is 6.64. The van der Waals surface area contributed by atoms with Gasteiger partial charge in [0.2, 0.25) is 0 Å². The van der Waals surface area contributed by atoms with Gasteiger partial charge in [0, 0.05) is 0 Å². The van der Waals surface area contributed by atoms with Crippen LogP contribution in [0.3, 0.4) is 0 Å². The molecule has 1 aromatic carbocycles. The molecule has 2 aliphatic heterocycles. The number of anilines is 1. The number of carbonyl (C=O) groups excluding carboxylic acids is 3. The lowest BCUT2D eigenvalue weighted by Gasteiger charge is -2.35. The number of fused-ring (bicyclic) bond motifs is 1. The molecule has 3 atom stereocenters. The molecule has 0 bridgehead atoms. The second-order valence-electron chi connectivity index (χ2n) is 10.1. The molecule has 10 heteroatoms. The van der Waals surface area contributed by atoms with Crippen LogP contribution in [-0.2, 0) is 19.1 Å². The van der Waals surface area contributed by atoms with Crippen molar-refractivity contribution in [3.8, 4) is 11.5 Å².